The van der Waals surface area contributed by atoms with Crippen LogP contribution in [-0.2, 0) is 4.74 Å². The van der Waals surface area contributed by atoms with E-state index in [-0.39, 0.29) is 5.92 Å². The Morgan fingerprint density at radius 1 is 0.957 bits per heavy atom. The minimum absolute atomic E-state index is 0.0606. The summed E-state index contributed by atoms with van der Waals surface area (Å²) in [6.07, 6.45) is -0.537. The standard InChI is InChI=1S/C19H22ClNO2/c20-17-8-6-16(7-9-17)19(22)18(15-4-2-1-3-5-15)14-21-10-12-23-13-11-21/h1-9,18-19,22H,10-14H2/p+1. The summed E-state index contributed by atoms with van der Waals surface area (Å²) < 4.78 is 5.45. The summed E-state index contributed by atoms with van der Waals surface area (Å²) in [7, 11) is 0. The topological polar surface area (TPSA) is 33.9 Å². The van der Waals surface area contributed by atoms with Crippen molar-refractivity contribution in [1.29, 1.82) is 0 Å². The number of hydrogen-bond acceptors (Lipinski definition) is 2. The molecule has 1 aliphatic rings. The zero-order valence-corrected chi connectivity index (χ0v) is 13.9. The predicted octanol–water partition coefficient (Wildman–Crippen LogP) is 2.07. The van der Waals surface area contributed by atoms with Crippen LogP contribution in [0.3, 0.4) is 0 Å². The molecule has 0 aromatic heterocycles. The van der Waals surface area contributed by atoms with Gasteiger partial charge in [0.15, 0.2) is 0 Å². The summed E-state index contributed by atoms with van der Waals surface area (Å²) in [6.45, 7) is 4.49. The van der Waals surface area contributed by atoms with Gasteiger partial charge in [-0.05, 0) is 23.3 Å². The van der Waals surface area contributed by atoms with Gasteiger partial charge in [-0.3, -0.25) is 0 Å². The number of rotatable bonds is 5. The van der Waals surface area contributed by atoms with Gasteiger partial charge in [0.25, 0.3) is 0 Å². The first-order chi connectivity index (χ1) is 11.2. The van der Waals surface area contributed by atoms with Gasteiger partial charge in [-0.25, -0.2) is 0 Å². The molecule has 3 rings (SSSR count). The Morgan fingerprint density at radius 3 is 2.26 bits per heavy atom. The van der Waals surface area contributed by atoms with Crippen LogP contribution in [0.2, 0.25) is 5.02 Å². The van der Waals surface area contributed by atoms with E-state index < -0.39 is 6.10 Å². The molecule has 0 aliphatic carbocycles. The second kappa shape index (κ2) is 7.93. The lowest BCUT2D eigenvalue weighted by Crippen LogP contribution is -3.14. The number of aliphatic hydroxyl groups excluding tert-OH is 1. The van der Waals surface area contributed by atoms with Crippen LogP contribution in [-0.4, -0.2) is 38.0 Å². The monoisotopic (exact) mass is 332 g/mol. The van der Waals surface area contributed by atoms with Gasteiger partial charge in [0, 0.05) is 5.02 Å². The van der Waals surface area contributed by atoms with E-state index in [0.29, 0.717) is 5.02 Å². The minimum atomic E-state index is -0.537. The maximum atomic E-state index is 11.0. The summed E-state index contributed by atoms with van der Waals surface area (Å²) in [6, 6.07) is 17.8. The maximum Gasteiger partial charge on any atom is 0.101 e. The van der Waals surface area contributed by atoms with E-state index in [1.165, 1.54) is 10.5 Å². The number of ether oxygens (including phenoxy) is 1. The van der Waals surface area contributed by atoms with Crippen LogP contribution in [0.15, 0.2) is 54.6 Å². The lowest BCUT2D eigenvalue weighted by Gasteiger charge is -2.30. The fraction of sp³-hybridized carbons (Fsp3) is 0.368. The summed E-state index contributed by atoms with van der Waals surface area (Å²) in [5.41, 5.74) is 2.09. The highest BCUT2D eigenvalue weighted by Crippen LogP contribution is 2.30. The molecule has 23 heavy (non-hydrogen) atoms. The number of halogens is 1. The number of nitrogens with one attached hydrogen (secondary N) is 1. The van der Waals surface area contributed by atoms with Gasteiger partial charge in [-0.15, -0.1) is 0 Å². The first kappa shape index (κ1) is 16.5. The summed E-state index contributed by atoms with van der Waals surface area (Å²) in [5.74, 6) is 0.0606. The van der Waals surface area contributed by atoms with Crippen LogP contribution in [0.1, 0.15) is 23.1 Å². The summed E-state index contributed by atoms with van der Waals surface area (Å²) in [4.78, 5) is 1.48. The second-order valence-corrected chi connectivity index (χ2v) is 6.52. The summed E-state index contributed by atoms with van der Waals surface area (Å²) in [5, 5.41) is 11.7. The van der Waals surface area contributed by atoms with E-state index in [1.54, 1.807) is 0 Å². The molecule has 0 saturated carbocycles. The fourth-order valence-electron chi connectivity index (χ4n) is 3.18. The number of morpholine rings is 1. The van der Waals surface area contributed by atoms with Crippen molar-refractivity contribution in [2.75, 3.05) is 32.8 Å². The number of aliphatic hydroxyl groups is 1. The third-order valence-corrected chi connectivity index (χ3v) is 4.78. The molecule has 2 atom stereocenters. The zero-order valence-electron chi connectivity index (χ0n) is 13.1. The van der Waals surface area contributed by atoms with E-state index in [2.05, 4.69) is 12.1 Å². The Bertz CT molecular complexity index is 597. The van der Waals surface area contributed by atoms with Crippen LogP contribution < -0.4 is 4.90 Å². The molecule has 1 heterocycles. The first-order valence-electron chi connectivity index (χ1n) is 8.14. The molecule has 1 aliphatic heterocycles. The smallest absolute Gasteiger partial charge is 0.101 e. The van der Waals surface area contributed by atoms with E-state index in [9.17, 15) is 5.11 Å². The van der Waals surface area contributed by atoms with E-state index in [0.717, 1.165) is 38.4 Å². The largest absolute Gasteiger partial charge is 0.388 e. The molecular formula is C19H23ClNO2+. The highest BCUT2D eigenvalue weighted by molar-refractivity contribution is 6.30. The molecule has 2 unspecified atom stereocenters. The van der Waals surface area contributed by atoms with Gasteiger partial charge in [0.1, 0.15) is 13.1 Å². The third-order valence-electron chi connectivity index (χ3n) is 4.53. The van der Waals surface area contributed by atoms with Crippen molar-refractivity contribution in [2.45, 2.75) is 12.0 Å². The molecule has 0 bridgehead atoms. The Kier molecular flexibility index (Phi) is 5.68. The zero-order chi connectivity index (χ0) is 16.1. The van der Waals surface area contributed by atoms with Crippen LogP contribution in [0.25, 0.3) is 0 Å². The Labute approximate surface area is 142 Å². The highest BCUT2D eigenvalue weighted by Gasteiger charge is 2.28. The van der Waals surface area contributed by atoms with Crippen LogP contribution in [0.4, 0.5) is 0 Å². The van der Waals surface area contributed by atoms with E-state index in [4.69, 9.17) is 16.3 Å². The quantitative estimate of drug-likeness (QED) is 0.879. The third kappa shape index (κ3) is 4.33. The van der Waals surface area contributed by atoms with Crippen molar-refractivity contribution in [3.05, 3.63) is 70.7 Å². The Hall–Kier alpha value is -1.39. The molecule has 2 N–H and O–H groups in total. The van der Waals surface area contributed by atoms with Gasteiger partial charge < -0.3 is 14.7 Å². The van der Waals surface area contributed by atoms with Gasteiger partial charge in [-0.1, -0.05) is 54.1 Å². The molecule has 4 heteroatoms. The SMILES string of the molecule is OC(c1ccc(Cl)cc1)C(C[NH+]1CCOCC1)c1ccccc1. The van der Waals surface area contributed by atoms with Gasteiger partial charge in [-0.2, -0.15) is 0 Å². The molecule has 2 aromatic rings. The average molecular weight is 333 g/mol. The van der Waals surface area contributed by atoms with Crippen molar-refractivity contribution in [3.63, 3.8) is 0 Å². The van der Waals surface area contributed by atoms with Crippen molar-refractivity contribution >= 4 is 11.6 Å². The molecule has 2 aromatic carbocycles. The van der Waals surface area contributed by atoms with E-state index >= 15 is 0 Å². The van der Waals surface area contributed by atoms with E-state index in [1.807, 2.05) is 42.5 Å². The molecule has 0 radical (unpaired) electrons. The number of benzene rings is 2. The Morgan fingerprint density at radius 2 is 1.61 bits per heavy atom. The van der Waals surface area contributed by atoms with Crippen molar-refractivity contribution in [3.8, 4) is 0 Å². The van der Waals surface area contributed by atoms with Gasteiger partial charge in [0.2, 0.25) is 0 Å². The van der Waals surface area contributed by atoms with Crippen molar-refractivity contribution in [2.24, 2.45) is 0 Å². The lowest BCUT2D eigenvalue weighted by atomic mass is 9.88. The molecule has 0 amide bonds. The van der Waals surface area contributed by atoms with Crippen molar-refractivity contribution in [1.82, 2.24) is 0 Å². The Balaban J connectivity index is 1.83. The minimum Gasteiger partial charge on any atom is -0.388 e. The summed E-state index contributed by atoms with van der Waals surface area (Å²) >= 11 is 5.97. The highest BCUT2D eigenvalue weighted by atomic mass is 35.5. The van der Waals surface area contributed by atoms with Gasteiger partial charge in [0.05, 0.1) is 31.8 Å². The van der Waals surface area contributed by atoms with Gasteiger partial charge >= 0.3 is 0 Å². The number of quaternary nitrogens is 1. The first-order valence-corrected chi connectivity index (χ1v) is 8.51. The van der Waals surface area contributed by atoms with Crippen LogP contribution in [0.5, 0.6) is 0 Å². The number of hydrogen-bond donors (Lipinski definition) is 2. The normalized spacial score (nSPS) is 18.5. The molecule has 1 fully saturated rings. The second-order valence-electron chi connectivity index (χ2n) is 6.08. The molecule has 0 spiro atoms. The molecule has 122 valence electrons. The van der Waals surface area contributed by atoms with Crippen molar-refractivity contribution < 1.29 is 14.7 Å². The lowest BCUT2D eigenvalue weighted by molar-refractivity contribution is -0.909. The van der Waals surface area contributed by atoms with Crippen LogP contribution in [0, 0.1) is 0 Å². The average Bonchev–Trinajstić information content (AvgIpc) is 2.61. The van der Waals surface area contributed by atoms with Crippen LogP contribution >= 0.6 is 11.6 Å². The predicted molar refractivity (Wildman–Crippen MR) is 92.0 cm³/mol. The molecule has 3 nitrogen and oxygen atoms in total. The maximum absolute atomic E-state index is 11.0. The molecule has 1 saturated heterocycles. The molecular weight excluding hydrogens is 310 g/mol. The fourth-order valence-corrected chi connectivity index (χ4v) is 3.31.